The maximum Gasteiger partial charge on any atom is 0.257 e. The minimum atomic E-state index is 0.0119. The van der Waals surface area contributed by atoms with Crippen molar-refractivity contribution >= 4 is 5.91 Å². The highest BCUT2D eigenvalue weighted by Gasteiger charge is 2.27. The van der Waals surface area contributed by atoms with Gasteiger partial charge in [-0.15, -0.1) is 0 Å². The van der Waals surface area contributed by atoms with E-state index >= 15 is 0 Å². The first kappa shape index (κ1) is 17.3. The Balaban J connectivity index is 1.46. The van der Waals surface area contributed by atoms with E-state index in [1.54, 1.807) is 31.0 Å². The summed E-state index contributed by atoms with van der Waals surface area (Å²) in [5.74, 6) is 0.589. The van der Waals surface area contributed by atoms with Gasteiger partial charge in [-0.25, -0.2) is 9.97 Å². The Morgan fingerprint density at radius 2 is 2.00 bits per heavy atom. The zero-order valence-electron chi connectivity index (χ0n) is 15.1. The van der Waals surface area contributed by atoms with Crippen molar-refractivity contribution in [2.45, 2.75) is 38.3 Å². The molecule has 7 heteroatoms. The first-order valence-corrected chi connectivity index (χ1v) is 9.32. The Morgan fingerprint density at radius 1 is 1.11 bits per heavy atom. The largest absolute Gasteiger partial charge is 0.336 e. The van der Waals surface area contributed by atoms with Gasteiger partial charge in [0.15, 0.2) is 5.82 Å². The van der Waals surface area contributed by atoms with Gasteiger partial charge in [0.2, 0.25) is 0 Å². The normalized spacial score (nSPS) is 17.0. The third-order valence-corrected chi connectivity index (χ3v) is 4.96. The first-order chi connectivity index (χ1) is 13.3. The van der Waals surface area contributed by atoms with Crippen molar-refractivity contribution < 1.29 is 4.79 Å². The lowest BCUT2D eigenvalue weighted by Crippen LogP contribution is -2.44. The number of carbonyl (C=O) groups excluding carboxylic acids is 1. The van der Waals surface area contributed by atoms with Crippen LogP contribution in [0.5, 0.6) is 0 Å². The number of hydrogen-bond acceptors (Lipinski definition) is 5. The van der Waals surface area contributed by atoms with E-state index in [9.17, 15) is 4.79 Å². The summed E-state index contributed by atoms with van der Waals surface area (Å²) in [7, 11) is 0. The second kappa shape index (κ2) is 8.07. The van der Waals surface area contributed by atoms with Crippen LogP contribution in [0.2, 0.25) is 0 Å². The van der Waals surface area contributed by atoms with Gasteiger partial charge in [0.25, 0.3) is 5.91 Å². The molecule has 1 amide bonds. The SMILES string of the molecule is O=C(c1cnc(-c2cccnc2)nc1)N1CCCCC1CCn1cccn1. The van der Waals surface area contributed by atoms with Crippen molar-refractivity contribution in [2.24, 2.45) is 0 Å². The lowest BCUT2D eigenvalue weighted by Gasteiger charge is -2.35. The number of aromatic nitrogens is 5. The summed E-state index contributed by atoms with van der Waals surface area (Å²) < 4.78 is 1.92. The predicted octanol–water partition coefficient (Wildman–Crippen LogP) is 2.82. The highest BCUT2D eigenvalue weighted by atomic mass is 16.2. The Labute approximate surface area is 158 Å². The molecule has 7 nitrogen and oxygen atoms in total. The van der Waals surface area contributed by atoms with E-state index in [-0.39, 0.29) is 11.9 Å². The van der Waals surface area contributed by atoms with Crippen LogP contribution in [-0.2, 0) is 6.54 Å². The number of amides is 1. The van der Waals surface area contributed by atoms with Crippen LogP contribution >= 0.6 is 0 Å². The Hall–Kier alpha value is -3.09. The number of likely N-dealkylation sites (tertiary alicyclic amines) is 1. The summed E-state index contributed by atoms with van der Waals surface area (Å²) in [5, 5.41) is 4.26. The average molecular weight is 362 g/mol. The van der Waals surface area contributed by atoms with Crippen molar-refractivity contribution in [3.8, 4) is 11.4 Å². The Bertz CT molecular complexity index is 863. The van der Waals surface area contributed by atoms with Crippen molar-refractivity contribution in [3.05, 3.63) is 60.9 Å². The van der Waals surface area contributed by atoms with Crippen molar-refractivity contribution in [3.63, 3.8) is 0 Å². The van der Waals surface area contributed by atoms with Crippen LogP contribution in [0.25, 0.3) is 11.4 Å². The molecule has 3 aromatic heterocycles. The molecule has 0 spiro atoms. The van der Waals surface area contributed by atoms with Crippen LogP contribution in [0.1, 0.15) is 36.0 Å². The van der Waals surface area contributed by atoms with Gasteiger partial charge >= 0.3 is 0 Å². The van der Waals surface area contributed by atoms with Crippen molar-refractivity contribution in [2.75, 3.05) is 6.54 Å². The molecule has 27 heavy (non-hydrogen) atoms. The average Bonchev–Trinajstić information content (AvgIpc) is 3.26. The molecular weight excluding hydrogens is 340 g/mol. The molecule has 1 aliphatic rings. The molecule has 0 N–H and O–H groups in total. The smallest absolute Gasteiger partial charge is 0.257 e. The molecule has 4 heterocycles. The molecule has 1 saturated heterocycles. The first-order valence-electron chi connectivity index (χ1n) is 9.32. The quantitative estimate of drug-likeness (QED) is 0.697. The van der Waals surface area contributed by atoms with Gasteiger partial charge in [-0.05, 0) is 43.9 Å². The van der Waals surface area contributed by atoms with Gasteiger partial charge < -0.3 is 4.90 Å². The molecule has 1 atom stereocenters. The highest BCUT2D eigenvalue weighted by molar-refractivity contribution is 5.94. The summed E-state index contributed by atoms with van der Waals surface area (Å²) in [6.45, 7) is 1.60. The fraction of sp³-hybridized carbons (Fsp3) is 0.350. The summed E-state index contributed by atoms with van der Waals surface area (Å²) in [6.07, 6.45) is 14.5. The van der Waals surface area contributed by atoms with Crippen LogP contribution in [-0.4, -0.2) is 48.1 Å². The third-order valence-electron chi connectivity index (χ3n) is 4.96. The summed E-state index contributed by atoms with van der Waals surface area (Å²) in [4.78, 5) is 27.8. The number of carbonyl (C=O) groups is 1. The Kier molecular flexibility index (Phi) is 5.18. The lowest BCUT2D eigenvalue weighted by atomic mass is 9.98. The number of pyridine rings is 1. The molecule has 138 valence electrons. The second-order valence-corrected chi connectivity index (χ2v) is 6.74. The molecule has 1 unspecified atom stereocenters. The fourth-order valence-corrected chi connectivity index (χ4v) is 3.53. The molecule has 1 aliphatic heterocycles. The van der Waals surface area contributed by atoms with E-state index in [4.69, 9.17) is 0 Å². The number of aryl methyl sites for hydroxylation is 1. The van der Waals surface area contributed by atoms with Crippen LogP contribution < -0.4 is 0 Å². The molecular formula is C20H22N6O. The van der Waals surface area contributed by atoms with Gasteiger partial charge in [0, 0.05) is 61.9 Å². The summed E-state index contributed by atoms with van der Waals surface area (Å²) in [6, 6.07) is 5.90. The van der Waals surface area contributed by atoms with Crippen LogP contribution in [0.3, 0.4) is 0 Å². The van der Waals surface area contributed by atoms with E-state index in [0.717, 1.165) is 44.3 Å². The van der Waals surface area contributed by atoms with Crippen LogP contribution in [0, 0.1) is 0 Å². The molecule has 0 aromatic carbocycles. The van der Waals surface area contributed by atoms with Crippen LogP contribution in [0.15, 0.2) is 55.4 Å². The monoisotopic (exact) mass is 362 g/mol. The van der Waals surface area contributed by atoms with E-state index < -0.39 is 0 Å². The summed E-state index contributed by atoms with van der Waals surface area (Å²) >= 11 is 0. The van der Waals surface area contributed by atoms with E-state index in [1.807, 2.05) is 34.0 Å². The van der Waals surface area contributed by atoms with Crippen molar-refractivity contribution in [1.29, 1.82) is 0 Å². The number of rotatable bonds is 5. The van der Waals surface area contributed by atoms with E-state index in [1.165, 1.54) is 0 Å². The van der Waals surface area contributed by atoms with Gasteiger partial charge in [-0.1, -0.05) is 0 Å². The summed E-state index contributed by atoms with van der Waals surface area (Å²) in [5.41, 5.74) is 1.38. The number of hydrogen-bond donors (Lipinski definition) is 0. The van der Waals surface area contributed by atoms with E-state index in [2.05, 4.69) is 20.1 Å². The van der Waals surface area contributed by atoms with Gasteiger partial charge in [0.1, 0.15) is 0 Å². The van der Waals surface area contributed by atoms with Gasteiger partial charge in [-0.3, -0.25) is 14.5 Å². The maximum absolute atomic E-state index is 13.0. The minimum absolute atomic E-state index is 0.0119. The highest BCUT2D eigenvalue weighted by Crippen LogP contribution is 2.22. The number of piperidine rings is 1. The predicted molar refractivity (Wildman–Crippen MR) is 101 cm³/mol. The minimum Gasteiger partial charge on any atom is -0.336 e. The second-order valence-electron chi connectivity index (χ2n) is 6.74. The fourth-order valence-electron chi connectivity index (χ4n) is 3.53. The lowest BCUT2D eigenvalue weighted by molar-refractivity contribution is 0.0593. The molecule has 0 saturated carbocycles. The standard InChI is InChI=1S/C20H22N6O/c27-20(17-14-22-19(23-15-17)16-5-3-8-21-13-16)26-11-2-1-6-18(26)7-12-25-10-4-9-24-25/h3-5,8-10,13-15,18H,1-2,6-7,11-12H2. The maximum atomic E-state index is 13.0. The molecule has 3 aromatic rings. The van der Waals surface area contributed by atoms with E-state index in [0.29, 0.717) is 11.4 Å². The Morgan fingerprint density at radius 3 is 2.74 bits per heavy atom. The number of nitrogens with zero attached hydrogens (tertiary/aromatic N) is 6. The third kappa shape index (κ3) is 4.02. The molecule has 4 rings (SSSR count). The zero-order valence-corrected chi connectivity index (χ0v) is 15.1. The molecule has 1 fully saturated rings. The zero-order chi connectivity index (χ0) is 18.5. The van der Waals surface area contributed by atoms with Crippen molar-refractivity contribution in [1.82, 2.24) is 29.6 Å². The molecule has 0 radical (unpaired) electrons. The molecule has 0 bridgehead atoms. The van der Waals surface area contributed by atoms with Gasteiger partial charge in [-0.2, -0.15) is 5.10 Å². The van der Waals surface area contributed by atoms with Crippen LogP contribution in [0.4, 0.5) is 0 Å². The topological polar surface area (TPSA) is 76.8 Å². The molecule has 0 aliphatic carbocycles. The van der Waals surface area contributed by atoms with Gasteiger partial charge in [0.05, 0.1) is 5.56 Å².